The number of hydrogen-bond donors (Lipinski definition) is 0. The number of furan rings is 1. The lowest BCUT2D eigenvalue weighted by Crippen LogP contribution is -2.39. The molecule has 3 aromatic carbocycles. The van der Waals surface area contributed by atoms with Crippen LogP contribution in [-0.2, 0) is 14.8 Å². The maximum Gasteiger partial charge on any atom is 0.434 e. The third-order valence-corrected chi connectivity index (χ3v) is 6.99. The number of benzene rings is 3. The third-order valence-electron chi connectivity index (χ3n) is 5.03. The van der Waals surface area contributed by atoms with Crippen molar-refractivity contribution in [3.8, 4) is 5.75 Å². The Bertz CT molecular complexity index is 1500. The van der Waals surface area contributed by atoms with Gasteiger partial charge in [0.15, 0.2) is 0 Å². The summed E-state index contributed by atoms with van der Waals surface area (Å²) in [5.41, 5.74) is 0.415. The summed E-state index contributed by atoms with van der Waals surface area (Å²) in [4.78, 5) is 25.6. The van der Waals surface area contributed by atoms with Gasteiger partial charge in [0, 0.05) is 10.4 Å². The minimum Gasteiger partial charge on any atom is -0.462 e. The van der Waals surface area contributed by atoms with E-state index in [1.54, 1.807) is 32.0 Å². The van der Waals surface area contributed by atoms with E-state index in [9.17, 15) is 18.0 Å². The molecule has 35 heavy (non-hydrogen) atoms. The van der Waals surface area contributed by atoms with Crippen LogP contribution in [0.1, 0.15) is 23.0 Å². The molecule has 180 valence electrons. The summed E-state index contributed by atoms with van der Waals surface area (Å²) < 4.78 is 43.9. The Morgan fingerprint density at radius 3 is 2.34 bits per heavy atom. The molecule has 4 rings (SSSR count). The summed E-state index contributed by atoms with van der Waals surface area (Å²) in [6, 6.07) is 17.7. The predicted molar refractivity (Wildman–Crippen MR) is 130 cm³/mol. The van der Waals surface area contributed by atoms with Crippen molar-refractivity contribution in [2.45, 2.75) is 18.7 Å². The smallest absolute Gasteiger partial charge is 0.434 e. The minimum atomic E-state index is -4.44. The predicted octanol–water partition coefficient (Wildman–Crippen LogP) is 5.97. The van der Waals surface area contributed by atoms with E-state index in [0.29, 0.717) is 26.1 Å². The number of anilines is 1. The quantitative estimate of drug-likeness (QED) is 0.293. The van der Waals surface area contributed by atoms with Crippen LogP contribution in [0, 0.1) is 6.92 Å². The second-order valence-corrected chi connectivity index (χ2v) is 9.56. The lowest BCUT2D eigenvalue weighted by atomic mass is 10.1. The van der Waals surface area contributed by atoms with Crippen molar-refractivity contribution >= 4 is 50.3 Å². The molecule has 0 fully saturated rings. The number of esters is 1. The third kappa shape index (κ3) is 4.87. The molecule has 0 aliphatic rings. The van der Waals surface area contributed by atoms with Gasteiger partial charge in [-0.3, -0.25) is 0 Å². The first-order valence-corrected chi connectivity index (χ1v) is 12.3. The standard InChI is InChI=1S/C25H20ClNO7S/c1-3-32-24(28)23-16(2)33-22-14-11-18(15-21(22)23)27(25(29)34-19-7-5-4-6-8-19)35(30,31)20-12-9-17(26)10-13-20/h4-15H,3H2,1-2H3. The van der Waals surface area contributed by atoms with Crippen LogP contribution in [0.15, 0.2) is 82.1 Å². The Morgan fingerprint density at radius 2 is 1.69 bits per heavy atom. The highest BCUT2D eigenvalue weighted by Crippen LogP contribution is 2.33. The van der Waals surface area contributed by atoms with Crippen LogP contribution in [0.3, 0.4) is 0 Å². The number of nitrogens with zero attached hydrogens (tertiary/aromatic N) is 1. The van der Waals surface area contributed by atoms with Gasteiger partial charge in [-0.1, -0.05) is 29.8 Å². The zero-order chi connectivity index (χ0) is 25.2. The number of fused-ring (bicyclic) bond motifs is 1. The van der Waals surface area contributed by atoms with E-state index in [4.69, 9.17) is 25.5 Å². The van der Waals surface area contributed by atoms with Crippen LogP contribution < -0.4 is 9.04 Å². The Morgan fingerprint density at radius 1 is 1.00 bits per heavy atom. The molecule has 4 aromatic rings. The number of carbonyl (C=O) groups excluding carboxylic acids is 2. The normalized spacial score (nSPS) is 11.3. The van der Waals surface area contributed by atoms with Crippen LogP contribution in [0.2, 0.25) is 5.02 Å². The fourth-order valence-electron chi connectivity index (χ4n) is 3.48. The molecule has 0 bridgehead atoms. The van der Waals surface area contributed by atoms with Gasteiger partial charge in [-0.25, -0.2) is 18.0 Å². The Balaban J connectivity index is 1.87. The zero-order valence-corrected chi connectivity index (χ0v) is 20.3. The van der Waals surface area contributed by atoms with Crippen molar-refractivity contribution in [1.82, 2.24) is 0 Å². The first kappa shape index (κ1) is 24.3. The van der Waals surface area contributed by atoms with Gasteiger partial charge in [-0.2, -0.15) is 4.31 Å². The lowest BCUT2D eigenvalue weighted by molar-refractivity contribution is 0.0526. The fraction of sp³-hybridized carbons (Fsp3) is 0.120. The number of carbonyl (C=O) groups is 2. The van der Waals surface area contributed by atoms with Crippen LogP contribution >= 0.6 is 11.6 Å². The highest BCUT2D eigenvalue weighted by Gasteiger charge is 2.34. The number of amides is 1. The van der Waals surface area contributed by atoms with E-state index in [1.165, 1.54) is 54.6 Å². The molecule has 8 nitrogen and oxygen atoms in total. The van der Waals surface area contributed by atoms with Gasteiger partial charge in [0.2, 0.25) is 0 Å². The Kier molecular flexibility index (Phi) is 6.81. The molecular formula is C25H20ClNO7S. The number of rotatable bonds is 6. The van der Waals surface area contributed by atoms with Gasteiger partial charge in [0.25, 0.3) is 10.0 Å². The highest BCUT2D eigenvalue weighted by atomic mass is 35.5. The maximum absolute atomic E-state index is 13.6. The fourth-order valence-corrected chi connectivity index (χ4v) is 4.92. The molecule has 0 atom stereocenters. The lowest BCUT2D eigenvalue weighted by Gasteiger charge is -2.22. The summed E-state index contributed by atoms with van der Waals surface area (Å²) in [5.74, 6) is -0.171. The Labute approximate surface area is 206 Å². The molecule has 0 spiro atoms. The van der Waals surface area contributed by atoms with Crippen LogP contribution in [0.5, 0.6) is 5.75 Å². The first-order chi connectivity index (χ1) is 16.7. The van der Waals surface area contributed by atoms with E-state index in [-0.39, 0.29) is 28.5 Å². The molecule has 0 unspecified atom stereocenters. The number of aryl methyl sites for hydroxylation is 1. The molecule has 0 saturated carbocycles. The van der Waals surface area contributed by atoms with E-state index in [2.05, 4.69) is 0 Å². The number of halogens is 1. The zero-order valence-electron chi connectivity index (χ0n) is 18.7. The molecule has 1 amide bonds. The SMILES string of the molecule is CCOC(=O)c1c(C)oc2ccc(N(C(=O)Oc3ccccc3)S(=O)(=O)c3ccc(Cl)cc3)cc12. The molecule has 1 aromatic heterocycles. The molecule has 1 heterocycles. The molecule has 10 heteroatoms. The average molecular weight is 514 g/mol. The second kappa shape index (κ2) is 9.81. The largest absolute Gasteiger partial charge is 0.462 e. The van der Waals surface area contributed by atoms with Crippen molar-refractivity contribution < 1.29 is 31.9 Å². The summed E-state index contributed by atoms with van der Waals surface area (Å²) in [5, 5.41) is 0.624. The summed E-state index contributed by atoms with van der Waals surface area (Å²) in [7, 11) is -4.44. The molecule has 0 aliphatic carbocycles. The second-order valence-electron chi connectivity index (χ2n) is 7.34. The minimum absolute atomic E-state index is 0.0558. The van der Waals surface area contributed by atoms with Gasteiger partial charge < -0.3 is 13.9 Å². The number of hydrogen-bond acceptors (Lipinski definition) is 7. The monoisotopic (exact) mass is 513 g/mol. The number of sulfonamides is 1. The van der Waals surface area contributed by atoms with Gasteiger partial charge in [-0.05, 0) is 68.4 Å². The van der Waals surface area contributed by atoms with Gasteiger partial charge in [0.05, 0.1) is 17.2 Å². The van der Waals surface area contributed by atoms with Crippen LogP contribution in [-0.4, -0.2) is 27.1 Å². The summed E-state index contributed by atoms with van der Waals surface area (Å²) >= 11 is 5.91. The van der Waals surface area contributed by atoms with Crippen molar-refractivity contribution in [2.75, 3.05) is 10.9 Å². The molecular weight excluding hydrogens is 494 g/mol. The first-order valence-electron chi connectivity index (χ1n) is 10.5. The summed E-state index contributed by atoms with van der Waals surface area (Å²) in [6.45, 7) is 3.41. The summed E-state index contributed by atoms with van der Waals surface area (Å²) in [6.07, 6.45) is -1.16. The molecule has 0 radical (unpaired) electrons. The van der Waals surface area contributed by atoms with Crippen LogP contribution in [0.25, 0.3) is 11.0 Å². The molecule has 0 saturated heterocycles. The van der Waals surface area contributed by atoms with E-state index in [0.717, 1.165) is 0 Å². The maximum atomic E-state index is 13.6. The van der Waals surface area contributed by atoms with E-state index < -0.39 is 22.1 Å². The number of ether oxygens (including phenoxy) is 2. The molecule has 0 N–H and O–H groups in total. The van der Waals surface area contributed by atoms with Gasteiger partial charge >= 0.3 is 12.1 Å². The topological polar surface area (TPSA) is 103 Å². The van der Waals surface area contributed by atoms with Gasteiger partial charge in [-0.15, -0.1) is 0 Å². The van der Waals surface area contributed by atoms with Gasteiger partial charge in [0.1, 0.15) is 22.7 Å². The molecule has 0 aliphatic heterocycles. The van der Waals surface area contributed by atoms with Crippen molar-refractivity contribution in [3.05, 3.63) is 89.1 Å². The van der Waals surface area contributed by atoms with Crippen molar-refractivity contribution in [1.29, 1.82) is 0 Å². The van der Waals surface area contributed by atoms with Crippen molar-refractivity contribution in [2.24, 2.45) is 0 Å². The van der Waals surface area contributed by atoms with E-state index >= 15 is 0 Å². The van der Waals surface area contributed by atoms with Crippen molar-refractivity contribution in [3.63, 3.8) is 0 Å². The van der Waals surface area contributed by atoms with E-state index in [1.807, 2.05) is 0 Å². The van der Waals surface area contributed by atoms with Crippen LogP contribution in [0.4, 0.5) is 10.5 Å². The Hall–Kier alpha value is -3.82. The number of para-hydroxylation sites is 1. The highest BCUT2D eigenvalue weighted by molar-refractivity contribution is 7.93. The average Bonchev–Trinajstić information content (AvgIpc) is 3.15.